The third kappa shape index (κ3) is 1.81. The van der Waals surface area contributed by atoms with Gasteiger partial charge in [0.15, 0.2) is 0 Å². The lowest BCUT2D eigenvalue weighted by atomic mass is 10.1. The number of rotatable bonds is 3. The monoisotopic (exact) mass is 228 g/mol. The molecule has 0 unspecified atom stereocenters. The molecule has 0 amide bonds. The number of aromatic nitrogens is 4. The van der Waals surface area contributed by atoms with Crippen molar-refractivity contribution in [3.05, 3.63) is 36.8 Å². The van der Waals surface area contributed by atoms with E-state index in [1.165, 1.54) is 0 Å². The molecule has 2 aromatic heterocycles. The number of benzene rings is 1. The molecule has 1 aromatic carbocycles. The van der Waals surface area contributed by atoms with Crippen LogP contribution in [0.3, 0.4) is 0 Å². The lowest BCUT2D eigenvalue weighted by molar-refractivity contribution is 0.269. The van der Waals surface area contributed by atoms with Gasteiger partial charge in [0.25, 0.3) is 0 Å². The second-order valence-corrected chi connectivity index (χ2v) is 3.89. The van der Waals surface area contributed by atoms with Crippen molar-refractivity contribution in [3.8, 4) is 11.1 Å². The molecule has 0 spiro atoms. The van der Waals surface area contributed by atoms with Crippen molar-refractivity contribution in [1.82, 2.24) is 20.0 Å². The summed E-state index contributed by atoms with van der Waals surface area (Å²) in [5.74, 6) is 0. The molecule has 3 rings (SSSR count). The summed E-state index contributed by atoms with van der Waals surface area (Å²) in [6.45, 7) is 0.621. The van der Waals surface area contributed by atoms with Crippen LogP contribution in [-0.4, -0.2) is 31.7 Å². The standard InChI is InChI=1S/C12H12N4O/c17-4-3-16-8-11(7-14-16)9-1-2-12-10(5-9)6-13-15-12/h1-2,5-8,17H,3-4H2,(H,13,15). The van der Waals surface area contributed by atoms with E-state index in [0.717, 1.165) is 22.0 Å². The first-order chi connectivity index (χ1) is 8.36. The molecule has 2 heterocycles. The average Bonchev–Trinajstić information content (AvgIpc) is 2.96. The Labute approximate surface area is 97.7 Å². The van der Waals surface area contributed by atoms with Gasteiger partial charge >= 0.3 is 0 Å². The van der Waals surface area contributed by atoms with Gasteiger partial charge in [-0.15, -0.1) is 0 Å². The first kappa shape index (κ1) is 10.0. The molecule has 5 nitrogen and oxygen atoms in total. The van der Waals surface area contributed by atoms with E-state index in [4.69, 9.17) is 5.11 Å². The van der Waals surface area contributed by atoms with Gasteiger partial charge in [0.05, 0.1) is 31.1 Å². The fourth-order valence-corrected chi connectivity index (χ4v) is 1.86. The minimum Gasteiger partial charge on any atom is -0.394 e. The van der Waals surface area contributed by atoms with E-state index in [0.29, 0.717) is 6.54 Å². The highest BCUT2D eigenvalue weighted by Gasteiger charge is 2.03. The zero-order valence-electron chi connectivity index (χ0n) is 9.17. The Morgan fingerprint density at radius 1 is 1.24 bits per heavy atom. The number of nitrogens with zero attached hydrogens (tertiary/aromatic N) is 3. The molecule has 5 heteroatoms. The molecule has 0 aliphatic carbocycles. The largest absolute Gasteiger partial charge is 0.394 e. The number of hydrogen-bond acceptors (Lipinski definition) is 3. The fourth-order valence-electron chi connectivity index (χ4n) is 1.86. The van der Waals surface area contributed by atoms with Gasteiger partial charge in [-0.2, -0.15) is 10.2 Å². The van der Waals surface area contributed by atoms with E-state index in [-0.39, 0.29) is 6.61 Å². The molecule has 0 radical (unpaired) electrons. The number of nitrogens with one attached hydrogen (secondary N) is 1. The molecule has 0 fully saturated rings. The summed E-state index contributed by atoms with van der Waals surface area (Å²) in [5, 5.41) is 21.0. The Morgan fingerprint density at radius 3 is 3.06 bits per heavy atom. The van der Waals surface area contributed by atoms with Gasteiger partial charge in [-0.1, -0.05) is 6.07 Å². The number of hydrogen-bond donors (Lipinski definition) is 2. The van der Waals surface area contributed by atoms with Crippen LogP contribution in [0.15, 0.2) is 36.8 Å². The van der Waals surface area contributed by atoms with Gasteiger partial charge in [-0.05, 0) is 17.7 Å². The van der Waals surface area contributed by atoms with Crippen molar-refractivity contribution < 1.29 is 5.11 Å². The second kappa shape index (κ2) is 4.03. The SMILES string of the molecule is OCCn1cc(-c2ccc3[nH]ncc3c2)cn1. The molecular weight excluding hydrogens is 216 g/mol. The highest BCUT2D eigenvalue weighted by molar-refractivity contribution is 5.83. The number of aliphatic hydroxyl groups excluding tert-OH is 1. The minimum atomic E-state index is 0.0991. The Kier molecular flexibility index (Phi) is 2.38. The zero-order valence-corrected chi connectivity index (χ0v) is 9.17. The van der Waals surface area contributed by atoms with Gasteiger partial charge in [-0.25, -0.2) is 0 Å². The van der Waals surface area contributed by atoms with E-state index in [1.807, 2.05) is 18.3 Å². The molecule has 3 aromatic rings. The van der Waals surface area contributed by atoms with E-state index in [9.17, 15) is 0 Å². The van der Waals surface area contributed by atoms with Crippen LogP contribution in [-0.2, 0) is 6.54 Å². The van der Waals surface area contributed by atoms with Gasteiger partial charge < -0.3 is 5.11 Å². The van der Waals surface area contributed by atoms with Crippen molar-refractivity contribution in [2.45, 2.75) is 6.54 Å². The summed E-state index contributed by atoms with van der Waals surface area (Å²) in [6, 6.07) is 6.10. The van der Waals surface area contributed by atoms with Crippen molar-refractivity contribution >= 4 is 10.9 Å². The molecule has 17 heavy (non-hydrogen) atoms. The molecule has 0 atom stereocenters. The zero-order chi connectivity index (χ0) is 11.7. The fraction of sp³-hybridized carbons (Fsp3) is 0.167. The van der Waals surface area contributed by atoms with E-state index in [2.05, 4.69) is 21.4 Å². The van der Waals surface area contributed by atoms with Crippen LogP contribution in [0.4, 0.5) is 0 Å². The molecule has 86 valence electrons. The van der Waals surface area contributed by atoms with Crippen LogP contribution < -0.4 is 0 Å². The molecule has 0 saturated heterocycles. The first-order valence-electron chi connectivity index (χ1n) is 5.43. The number of aliphatic hydroxyl groups is 1. The van der Waals surface area contributed by atoms with Crippen molar-refractivity contribution in [2.75, 3.05) is 6.61 Å². The van der Waals surface area contributed by atoms with Crippen LogP contribution in [0.25, 0.3) is 22.0 Å². The van der Waals surface area contributed by atoms with E-state index in [1.54, 1.807) is 17.1 Å². The van der Waals surface area contributed by atoms with E-state index < -0.39 is 0 Å². The molecule has 0 saturated carbocycles. The maximum absolute atomic E-state index is 8.84. The predicted octanol–water partition coefficient (Wildman–Crippen LogP) is 1.42. The maximum Gasteiger partial charge on any atom is 0.0650 e. The Hall–Kier alpha value is -2.14. The van der Waals surface area contributed by atoms with Gasteiger partial charge in [0.2, 0.25) is 0 Å². The topological polar surface area (TPSA) is 66.7 Å². The third-order valence-electron chi connectivity index (χ3n) is 2.74. The summed E-state index contributed by atoms with van der Waals surface area (Å²) >= 11 is 0. The Bertz CT molecular complexity index is 641. The molecule has 0 aliphatic rings. The Morgan fingerprint density at radius 2 is 2.18 bits per heavy atom. The predicted molar refractivity (Wildman–Crippen MR) is 64.4 cm³/mol. The number of fused-ring (bicyclic) bond motifs is 1. The summed E-state index contributed by atoms with van der Waals surface area (Å²) in [6.07, 6.45) is 5.53. The molecule has 2 N–H and O–H groups in total. The normalized spacial score (nSPS) is 11.1. The van der Waals surface area contributed by atoms with Crippen molar-refractivity contribution in [3.63, 3.8) is 0 Å². The number of H-pyrrole nitrogens is 1. The van der Waals surface area contributed by atoms with Gasteiger partial charge in [-0.3, -0.25) is 9.78 Å². The second-order valence-electron chi connectivity index (χ2n) is 3.89. The summed E-state index contributed by atoms with van der Waals surface area (Å²) < 4.78 is 1.73. The number of aromatic amines is 1. The molecule has 0 bridgehead atoms. The summed E-state index contributed by atoms with van der Waals surface area (Å²) in [5.41, 5.74) is 3.17. The highest BCUT2D eigenvalue weighted by atomic mass is 16.3. The van der Waals surface area contributed by atoms with Crippen LogP contribution in [0.1, 0.15) is 0 Å². The maximum atomic E-state index is 8.84. The lowest BCUT2D eigenvalue weighted by Crippen LogP contribution is -2.01. The smallest absolute Gasteiger partial charge is 0.0650 e. The minimum absolute atomic E-state index is 0.0991. The van der Waals surface area contributed by atoms with Gasteiger partial charge in [0.1, 0.15) is 0 Å². The van der Waals surface area contributed by atoms with Crippen molar-refractivity contribution in [2.24, 2.45) is 0 Å². The molecular formula is C12H12N4O. The first-order valence-corrected chi connectivity index (χ1v) is 5.43. The van der Waals surface area contributed by atoms with Crippen LogP contribution >= 0.6 is 0 Å². The van der Waals surface area contributed by atoms with Crippen LogP contribution in [0.2, 0.25) is 0 Å². The molecule has 0 aliphatic heterocycles. The third-order valence-corrected chi connectivity index (χ3v) is 2.74. The van der Waals surface area contributed by atoms with Crippen LogP contribution in [0, 0.1) is 0 Å². The summed E-state index contributed by atoms with van der Waals surface area (Å²) in [4.78, 5) is 0. The van der Waals surface area contributed by atoms with E-state index >= 15 is 0 Å². The Balaban J connectivity index is 2.00. The van der Waals surface area contributed by atoms with Gasteiger partial charge in [0, 0.05) is 17.1 Å². The average molecular weight is 228 g/mol. The van der Waals surface area contributed by atoms with Crippen LogP contribution in [0.5, 0.6) is 0 Å². The summed E-state index contributed by atoms with van der Waals surface area (Å²) in [7, 11) is 0. The highest BCUT2D eigenvalue weighted by Crippen LogP contribution is 2.22. The lowest BCUT2D eigenvalue weighted by Gasteiger charge is -1.97. The van der Waals surface area contributed by atoms with Crippen molar-refractivity contribution in [1.29, 1.82) is 0 Å². The quantitative estimate of drug-likeness (QED) is 0.712.